The summed E-state index contributed by atoms with van der Waals surface area (Å²) in [5.41, 5.74) is 0. The number of carbonyl (C=O) groups excluding carboxylic acids is 1. The first-order valence-electron chi connectivity index (χ1n) is 9.16. The molecule has 2 aromatic heterocycles. The van der Waals surface area contributed by atoms with Crippen LogP contribution in [0.25, 0.3) is 0 Å². The zero-order chi connectivity index (χ0) is 19.4. The lowest BCUT2D eigenvalue weighted by molar-refractivity contribution is -0.127. The van der Waals surface area contributed by atoms with E-state index in [4.69, 9.17) is 0 Å². The molecule has 27 heavy (non-hydrogen) atoms. The molecule has 0 fully saturated rings. The Balaban J connectivity index is 1.77. The van der Waals surface area contributed by atoms with E-state index >= 15 is 0 Å². The fourth-order valence-electron chi connectivity index (χ4n) is 3.01. The smallest absolute Gasteiger partial charge is 0.243 e. The van der Waals surface area contributed by atoms with Gasteiger partial charge in [-0.25, -0.2) is 14.7 Å². The predicted octanol–water partition coefficient (Wildman–Crippen LogP) is 1.87. The number of fused-ring (bicyclic) bond motifs is 1. The molecule has 1 amide bonds. The van der Waals surface area contributed by atoms with E-state index in [0.29, 0.717) is 5.96 Å². The highest BCUT2D eigenvalue weighted by molar-refractivity contribution is 7.10. The second-order valence-electron chi connectivity index (χ2n) is 6.91. The van der Waals surface area contributed by atoms with Gasteiger partial charge in [-0.3, -0.25) is 4.79 Å². The molecule has 1 aliphatic heterocycles. The fourth-order valence-corrected chi connectivity index (χ4v) is 3.74. The summed E-state index contributed by atoms with van der Waals surface area (Å²) in [7, 11) is 3.47. The molecule has 2 unspecified atom stereocenters. The van der Waals surface area contributed by atoms with Gasteiger partial charge in [0.2, 0.25) is 5.91 Å². The lowest BCUT2D eigenvalue weighted by atomic mass is 10.1. The Kier molecular flexibility index (Phi) is 6.10. The van der Waals surface area contributed by atoms with Crippen LogP contribution >= 0.6 is 11.3 Å². The van der Waals surface area contributed by atoms with E-state index in [1.807, 2.05) is 17.7 Å². The van der Waals surface area contributed by atoms with Crippen LogP contribution in [0.4, 0.5) is 0 Å². The lowest BCUT2D eigenvalue weighted by Gasteiger charge is -2.26. The Morgan fingerprint density at radius 2 is 2.33 bits per heavy atom. The maximum absolute atomic E-state index is 12.0. The number of hydrogen-bond donors (Lipinski definition) is 2. The van der Waals surface area contributed by atoms with Gasteiger partial charge in [-0.1, -0.05) is 6.07 Å². The SMILES string of the molecule is Cc1nc2n(n1)CCCC2NC(=NCC(=O)N(C)C)NC(C)c1cccs1. The quantitative estimate of drug-likeness (QED) is 0.602. The summed E-state index contributed by atoms with van der Waals surface area (Å²) in [6.45, 7) is 4.98. The Morgan fingerprint density at radius 1 is 1.52 bits per heavy atom. The molecule has 0 aliphatic carbocycles. The summed E-state index contributed by atoms with van der Waals surface area (Å²) in [6, 6.07) is 4.24. The van der Waals surface area contributed by atoms with E-state index in [1.54, 1.807) is 30.3 Å². The third kappa shape index (κ3) is 4.85. The van der Waals surface area contributed by atoms with Gasteiger partial charge in [0.1, 0.15) is 18.2 Å². The number of hydrogen-bond acceptors (Lipinski definition) is 5. The second-order valence-corrected chi connectivity index (χ2v) is 7.89. The van der Waals surface area contributed by atoms with Crippen LogP contribution in [-0.2, 0) is 11.3 Å². The number of aryl methyl sites for hydroxylation is 2. The molecule has 2 aromatic rings. The minimum Gasteiger partial charge on any atom is -0.349 e. The minimum atomic E-state index is -0.0393. The highest BCUT2D eigenvalue weighted by Gasteiger charge is 2.25. The van der Waals surface area contributed by atoms with Crippen molar-refractivity contribution in [2.45, 2.75) is 45.3 Å². The van der Waals surface area contributed by atoms with Gasteiger partial charge in [0.05, 0.1) is 12.1 Å². The Labute approximate surface area is 163 Å². The van der Waals surface area contributed by atoms with Gasteiger partial charge in [0.15, 0.2) is 5.96 Å². The van der Waals surface area contributed by atoms with Crippen molar-refractivity contribution in [3.05, 3.63) is 34.0 Å². The summed E-state index contributed by atoms with van der Waals surface area (Å²) >= 11 is 1.69. The molecule has 0 radical (unpaired) electrons. The Bertz CT molecular complexity index is 797. The van der Waals surface area contributed by atoms with Crippen molar-refractivity contribution in [3.8, 4) is 0 Å². The van der Waals surface area contributed by atoms with Crippen LogP contribution in [0.15, 0.2) is 22.5 Å². The molecule has 0 bridgehead atoms. The average molecular weight is 390 g/mol. The molecular formula is C18H27N7OS. The standard InChI is InChI=1S/C18H27N7OS/c1-12(15-8-6-10-27-15)20-18(19-11-16(26)24(3)4)22-14-7-5-9-25-17(14)21-13(2)23-25/h6,8,10,12,14H,5,7,9,11H2,1-4H3,(H2,19,20,22). The summed E-state index contributed by atoms with van der Waals surface area (Å²) in [5.74, 6) is 2.28. The molecule has 8 nitrogen and oxygen atoms in total. The van der Waals surface area contributed by atoms with Crippen molar-refractivity contribution in [1.82, 2.24) is 30.3 Å². The highest BCUT2D eigenvalue weighted by Crippen LogP contribution is 2.23. The number of rotatable bonds is 5. The van der Waals surface area contributed by atoms with E-state index in [2.05, 4.69) is 44.1 Å². The monoisotopic (exact) mass is 389 g/mol. The normalized spacial score (nSPS) is 17.9. The first-order valence-corrected chi connectivity index (χ1v) is 10.0. The Morgan fingerprint density at radius 3 is 3.04 bits per heavy atom. The molecule has 2 atom stereocenters. The number of likely N-dealkylation sites (N-methyl/N-ethyl adjacent to an activating group) is 1. The average Bonchev–Trinajstić information content (AvgIpc) is 3.28. The number of nitrogens with one attached hydrogen (secondary N) is 2. The largest absolute Gasteiger partial charge is 0.349 e. The van der Waals surface area contributed by atoms with Gasteiger partial charge in [0.25, 0.3) is 0 Å². The van der Waals surface area contributed by atoms with Crippen molar-refractivity contribution >= 4 is 23.2 Å². The number of thiophene rings is 1. The Hall–Kier alpha value is -2.42. The van der Waals surface area contributed by atoms with E-state index in [-0.39, 0.29) is 24.5 Å². The molecular weight excluding hydrogens is 362 g/mol. The van der Waals surface area contributed by atoms with E-state index in [1.165, 1.54) is 4.88 Å². The van der Waals surface area contributed by atoms with Crippen LogP contribution in [0.5, 0.6) is 0 Å². The van der Waals surface area contributed by atoms with Crippen molar-refractivity contribution in [2.24, 2.45) is 4.99 Å². The van der Waals surface area contributed by atoms with Gasteiger partial charge in [-0.2, -0.15) is 5.10 Å². The molecule has 0 aromatic carbocycles. The summed E-state index contributed by atoms with van der Waals surface area (Å²) in [5, 5.41) is 13.4. The van der Waals surface area contributed by atoms with E-state index in [0.717, 1.165) is 31.0 Å². The van der Waals surface area contributed by atoms with Crippen LogP contribution < -0.4 is 10.6 Å². The zero-order valence-corrected chi connectivity index (χ0v) is 17.1. The topological polar surface area (TPSA) is 87.4 Å². The summed E-state index contributed by atoms with van der Waals surface area (Å²) in [6.07, 6.45) is 1.98. The second kappa shape index (κ2) is 8.51. The zero-order valence-electron chi connectivity index (χ0n) is 16.3. The van der Waals surface area contributed by atoms with Crippen molar-refractivity contribution in [1.29, 1.82) is 0 Å². The van der Waals surface area contributed by atoms with E-state index < -0.39 is 0 Å². The molecule has 146 valence electrons. The van der Waals surface area contributed by atoms with Crippen LogP contribution in [0.3, 0.4) is 0 Å². The summed E-state index contributed by atoms with van der Waals surface area (Å²) < 4.78 is 1.96. The molecule has 0 saturated heterocycles. The molecule has 2 N–H and O–H groups in total. The highest BCUT2D eigenvalue weighted by atomic mass is 32.1. The maximum atomic E-state index is 12.0. The first kappa shape index (κ1) is 19.3. The van der Waals surface area contributed by atoms with Crippen molar-refractivity contribution < 1.29 is 4.79 Å². The van der Waals surface area contributed by atoms with Gasteiger partial charge >= 0.3 is 0 Å². The minimum absolute atomic E-state index is 0.0243. The number of nitrogens with zero attached hydrogens (tertiary/aromatic N) is 5. The fraction of sp³-hybridized carbons (Fsp3) is 0.556. The van der Waals surface area contributed by atoms with E-state index in [9.17, 15) is 4.79 Å². The number of amides is 1. The molecule has 0 spiro atoms. The van der Waals surface area contributed by atoms with Crippen LogP contribution in [0.2, 0.25) is 0 Å². The van der Waals surface area contributed by atoms with Crippen LogP contribution in [0, 0.1) is 6.92 Å². The van der Waals surface area contributed by atoms with Crippen LogP contribution in [-0.4, -0.2) is 52.2 Å². The number of carbonyl (C=O) groups is 1. The summed E-state index contributed by atoms with van der Waals surface area (Å²) in [4.78, 5) is 23.8. The van der Waals surface area contributed by atoms with Gasteiger partial charge in [-0.05, 0) is 38.1 Å². The van der Waals surface area contributed by atoms with Crippen LogP contribution in [0.1, 0.15) is 48.4 Å². The lowest BCUT2D eigenvalue weighted by Crippen LogP contribution is -2.43. The van der Waals surface area contributed by atoms with Gasteiger partial charge < -0.3 is 15.5 Å². The third-order valence-corrected chi connectivity index (χ3v) is 5.54. The maximum Gasteiger partial charge on any atom is 0.243 e. The first-order chi connectivity index (χ1) is 12.9. The third-order valence-electron chi connectivity index (χ3n) is 4.49. The molecule has 3 rings (SSSR count). The van der Waals surface area contributed by atoms with Gasteiger partial charge in [-0.15, -0.1) is 11.3 Å². The molecule has 3 heterocycles. The number of aliphatic imine (C=N–C) groups is 1. The number of guanidine groups is 1. The number of aromatic nitrogens is 3. The van der Waals surface area contributed by atoms with Gasteiger partial charge in [0, 0.05) is 25.5 Å². The molecule has 0 saturated carbocycles. The molecule has 9 heteroatoms. The predicted molar refractivity (Wildman–Crippen MR) is 107 cm³/mol. The van der Waals surface area contributed by atoms with Crippen molar-refractivity contribution in [2.75, 3.05) is 20.6 Å². The van der Waals surface area contributed by atoms with Crippen molar-refractivity contribution in [3.63, 3.8) is 0 Å². The molecule has 1 aliphatic rings.